The van der Waals surface area contributed by atoms with E-state index >= 15 is 0 Å². The molecule has 2 aliphatic heterocycles. The SMILES string of the molecule is CC(C)CC(C(=O)N1CCCC2OCC(=O)C21)N(C)C(=O)c1ccc(F)c(F)c1F. The first-order valence-corrected chi connectivity index (χ1v) is 9.99. The molecule has 0 saturated carbocycles. The Balaban J connectivity index is 1.89. The highest BCUT2D eigenvalue weighted by Crippen LogP contribution is 2.29. The van der Waals surface area contributed by atoms with Gasteiger partial charge in [0, 0.05) is 13.6 Å². The van der Waals surface area contributed by atoms with Crippen LogP contribution in [0, 0.1) is 23.4 Å². The summed E-state index contributed by atoms with van der Waals surface area (Å²) in [6, 6.07) is -0.154. The molecule has 2 fully saturated rings. The largest absolute Gasteiger partial charge is 0.368 e. The van der Waals surface area contributed by atoms with Crippen LogP contribution in [0.1, 0.15) is 43.5 Å². The number of ketones is 1. The van der Waals surface area contributed by atoms with E-state index in [0.29, 0.717) is 25.5 Å². The van der Waals surface area contributed by atoms with E-state index in [9.17, 15) is 27.6 Å². The number of likely N-dealkylation sites (tertiary alicyclic amines) is 1. The van der Waals surface area contributed by atoms with Gasteiger partial charge in [0.05, 0.1) is 11.7 Å². The van der Waals surface area contributed by atoms with Crippen molar-refractivity contribution in [3.8, 4) is 0 Å². The molecule has 3 rings (SSSR count). The Morgan fingerprint density at radius 2 is 1.93 bits per heavy atom. The van der Waals surface area contributed by atoms with Gasteiger partial charge >= 0.3 is 0 Å². The molecule has 0 spiro atoms. The van der Waals surface area contributed by atoms with Crippen LogP contribution in [0.25, 0.3) is 0 Å². The number of carbonyl (C=O) groups excluding carboxylic acids is 3. The number of piperidine rings is 1. The Hall–Kier alpha value is -2.42. The Kier molecular flexibility index (Phi) is 6.50. The van der Waals surface area contributed by atoms with Gasteiger partial charge in [-0.15, -0.1) is 0 Å². The number of Topliss-reactive ketones (excluding diaryl/α,β-unsaturated/α-hetero) is 1. The Labute approximate surface area is 173 Å². The van der Waals surface area contributed by atoms with Crippen LogP contribution in [-0.2, 0) is 14.3 Å². The molecule has 0 aliphatic carbocycles. The molecule has 0 bridgehead atoms. The molecule has 1 aromatic rings. The zero-order chi connectivity index (χ0) is 22.2. The number of amides is 2. The number of hydrogen-bond acceptors (Lipinski definition) is 4. The van der Waals surface area contributed by atoms with Crippen LogP contribution in [0.15, 0.2) is 12.1 Å². The highest BCUT2D eigenvalue weighted by molar-refractivity contribution is 5.99. The van der Waals surface area contributed by atoms with Crippen molar-refractivity contribution in [1.29, 1.82) is 0 Å². The number of halogens is 3. The highest BCUT2D eigenvalue weighted by Gasteiger charge is 2.46. The smallest absolute Gasteiger partial charge is 0.257 e. The molecule has 2 heterocycles. The minimum absolute atomic E-state index is 0.000109. The maximum absolute atomic E-state index is 14.2. The van der Waals surface area contributed by atoms with Crippen molar-refractivity contribution in [3.63, 3.8) is 0 Å². The molecule has 2 saturated heterocycles. The summed E-state index contributed by atoms with van der Waals surface area (Å²) in [5.41, 5.74) is -0.658. The quantitative estimate of drug-likeness (QED) is 0.679. The minimum atomic E-state index is -1.74. The summed E-state index contributed by atoms with van der Waals surface area (Å²) < 4.78 is 46.5. The van der Waals surface area contributed by atoms with Crippen LogP contribution in [-0.4, -0.2) is 65.8 Å². The second-order valence-corrected chi connectivity index (χ2v) is 8.22. The van der Waals surface area contributed by atoms with Crippen LogP contribution in [0.2, 0.25) is 0 Å². The van der Waals surface area contributed by atoms with Gasteiger partial charge in [-0.2, -0.15) is 0 Å². The summed E-state index contributed by atoms with van der Waals surface area (Å²) in [7, 11) is 1.32. The lowest BCUT2D eigenvalue weighted by Gasteiger charge is -2.39. The van der Waals surface area contributed by atoms with Crippen molar-refractivity contribution in [2.75, 3.05) is 20.2 Å². The lowest BCUT2D eigenvalue weighted by atomic mass is 9.94. The molecule has 2 aliphatic rings. The first-order valence-electron chi connectivity index (χ1n) is 9.99. The molecular weight excluding hydrogens is 401 g/mol. The summed E-state index contributed by atoms with van der Waals surface area (Å²) >= 11 is 0. The molecular formula is C21H25F3N2O4. The van der Waals surface area contributed by atoms with E-state index in [1.165, 1.54) is 11.9 Å². The second-order valence-electron chi connectivity index (χ2n) is 8.22. The van der Waals surface area contributed by atoms with Gasteiger partial charge in [0.1, 0.15) is 18.7 Å². The summed E-state index contributed by atoms with van der Waals surface area (Å²) in [5.74, 6) is -6.30. The molecule has 6 nitrogen and oxygen atoms in total. The zero-order valence-corrected chi connectivity index (χ0v) is 17.2. The fourth-order valence-corrected chi connectivity index (χ4v) is 4.12. The first-order chi connectivity index (χ1) is 14.1. The van der Waals surface area contributed by atoms with Gasteiger partial charge in [-0.25, -0.2) is 13.2 Å². The maximum atomic E-state index is 14.2. The van der Waals surface area contributed by atoms with Crippen molar-refractivity contribution < 1.29 is 32.3 Å². The third-order valence-electron chi connectivity index (χ3n) is 5.66. The van der Waals surface area contributed by atoms with Gasteiger partial charge in [-0.1, -0.05) is 13.8 Å². The van der Waals surface area contributed by atoms with Gasteiger partial charge < -0.3 is 14.5 Å². The predicted octanol–water partition coefficient (Wildman–Crippen LogP) is 2.55. The third-order valence-corrected chi connectivity index (χ3v) is 5.66. The van der Waals surface area contributed by atoms with Crippen molar-refractivity contribution in [2.45, 2.75) is 51.3 Å². The lowest BCUT2D eigenvalue weighted by Crippen LogP contribution is -2.58. The number of ether oxygens (including phenoxy) is 1. The molecule has 3 unspecified atom stereocenters. The monoisotopic (exact) mass is 426 g/mol. The molecule has 164 valence electrons. The Morgan fingerprint density at radius 3 is 2.60 bits per heavy atom. The van der Waals surface area contributed by atoms with Crippen LogP contribution in [0.4, 0.5) is 13.2 Å². The Morgan fingerprint density at radius 1 is 1.23 bits per heavy atom. The maximum Gasteiger partial charge on any atom is 0.257 e. The van der Waals surface area contributed by atoms with Gasteiger partial charge in [0.15, 0.2) is 23.2 Å². The standard InChI is InChI=1S/C21H25F3N2O4/c1-11(2)9-14(21(29)26-8-4-5-16-19(26)15(27)10-30-16)25(3)20(28)12-6-7-13(22)18(24)17(12)23/h6-7,11,14,16,19H,4-5,8-10H2,1-3H3. The summed E-state index contributed by atoms with van der Waals surface area (Å²) in [6.45, 7) is 4.02. The van der Waals surface area contributed by atoms with Crippen LogP contribution >= 0.6 is 0 Å². The molecule has 30 heavy (non-hydrogen) atoms. The van der Waals surface area contributed by atoms with Crippen molar-refractivity contribution in [2.24, 2.45) is 5.92 Å². The minimum Gasteiger partial charge on any atom is -0.368 e. The highest BCUT2D eigenvalue weighted by atomic mass is 19.2. The number of nitrogens with zero attached hydrogens (tertiary/aromatic N) is 2. The summed E-state index contributed by atoms with van der Waals surface area (Å²) in [5, 5.41) is 0. The zero-order valence-electron chi connectivity index (χ0n) is 17.2. The predicted molar refractivity (Wildman–Crippen MR) is 101 cm³/mol. The second kappa shape index (κ2) is 8.75. The molecule has 3 atom stereocenters. The van der Waals surface area contributed by atoms with E-state index in [1.54, 1.807) is 0 Å². The van der Waals surface area contributed by atoms with Crippen LogP contribution < -0.4 is 0 Å². The number of benzene rings is 1. The van der Waals surface area contributed by atoms with Crippen LogP contribution in [0.3, 0.4) is 0 Å². The third kappa shape index (κ3) is 4.08. The lowest BCUT2D eigenvalue weighted by molar-refractivity contribution is -0.145. The van der Waals surface area contributed by atoms with Crippen molar-refractivity contribution in [3.05, 3.63) is 35.1 Å². The molecule has 1 aromatic carbocycles. The van der Waals surface area contributed by atoms with Gasteiger partial charge in [0.2, 0.25) is 5.91 Å². The average molecular weight is 426 g/mol. The van der Waals surface area contributed by atoms with E-state index in [0.717, 1.165) is 11.0 Å². The van der Waals surface area contributed by atoms with E-state index in [-0.39, 0.29) is 30.8 Å². The van der Waals surface area contributed by atoms with Crippen LogP contribution in [0.5, 0.6) is 0 Å². The fourth-order valence-electron chi connectivity index (χ4n) is 4.12. The van der Waals surface area contributed by atoms with E-state index < -0.39 is 46.9 Å². The summed E-state index contributed by atoms with van der Waals surface area (Å²) in [6.07, 6.45) is 1.22. The van der Waals surface area contributed by atoms with Gasteiger partial charge in [-0.05, 0) is 37.3 Å². The van der Waals surface area contributed by atoms with Gasteiger partial charge in [-0.3, -0.25) is 14.4 Å². The molecule has 0 N–H and O–H groups in total. The van der Waals surface area contributed by atoms with E-state index in [4.69, 9.17) is 4.74 Å². The first kappa shape index (κ1) is 22.3. The molecule has 9 heteroatoms. The number of likely N-dealkylation sites (N-methyl/N-ethyl adjacent to an activating group) is 1. The average Bonchev–Trinajstić information content (AvgIpc) is 3.10. The number of carbonyl (C=O) groups is 3. The number of hydrogen-bond donors (Lipinski definition) is 0. The summed E-state index contributed by atoms with van der Waals surface area (Å²) in [4.78, 5) is 41.0. The van der Waals surface area contributed by atoms with E-state index in [1.807, 2.05) is 13.8 Å². The van der Waals surface area contributed by atoms with Gasteiger partial charge in [0.25, 0.3) is 5.91 Å². The van der Waals surface area contributed by atoms with Crippen molar-refractivity contribution >= 4 is 17.6 Å². The topological polar surface area (TPSA) is 66.9 Å². The normalized spacial score (nSPS) is 22.2. The molecule has 2 amide bonds. The van der Waals surface area contributed by atoms with Crippen molar-refractivity contribution in [1.82, 2.24) is 9.80 Å². The molecule has 0 aromatic heterocycles. The number of rotatable bonds is 5. The molecule has 0 radical (unpaired) electrons. The Bertz CT molecular complexity index is 861. The van der Waals surface area contributed by atoms with E-state index in [2.05, 4.69) is 0 Å². The number of fused-ring (bicyclic) bond motifs is 1. The fraction of sp³-hybridized carbons (Fsp3) is 0.571.